The molecule has 0 aliphatic heterocycles. The van der Waals surface area contributed by atoms with E-state index >= 15 is 0 Å². The Labute approximate surface area is 167 Å². The second kappa shape index (κ2) is 11.2. The number of phenols is 2. The van der Waals surface area contributed by atoms with Crippen molar-refractivity contribution >= 4 is 11.7 Å². The lowest BCUT2D eigenvalue weighted by Gasteiger charge is -2.12. The zero-order valence-corrected chi connectivity index (χ0v) is 16.7. The molecule has 0 fully saturated rings. The maximum Gasteiger partial charge on any atom is 0.319 e. The number of carbonyl (C=O) groups excluding carboxylic acids is 1. The van der Waals surface area contributed by atoms with E-state index in [1.165, 1.54) is 18.2 Å². The molecule has 0 saturated heterocycles. The fourth-order valence-corrected chi connectivity index (χ4v) is 3.06. The minimum absolute atomic E-state index is 0.0484. The van der Waals surface area contributed by atoms with E-state index in [4.69, 9.17) is 0 Å². The van der Waals surface area contributed by atoms with E-state index in [0.29, 0.717) is 11.4 Å². The van der Waals surface area contributed by atoms with Crippen molar-refractivity contribution in [2.75, 3.05) is 25.5 Å². The van der Waals surface area contributed by atoms with Gasteiger partial charge in [-0.25, -0.2) is 4.79 Å². The molecule has 0 bridgehead atoms. The lowest BCUT2D eigenvalue weighted by molar-refractivity contribution is 0.254. The summed E-state index contributed by atoms with van der Waals surface area (Å²) in [6, 6.07) is 10.5. The molecule has 2 rings (SSSR count). The third kappa shape index (κ3) is 6.78. The summed E-state index contributed by atoms with van der Waals surface area (Å²) in [4.78, 5) is 11.4. The number of benzene rings is 2. The van der Waals surface area contributed by atoms with E-state index in [0.717, 1.165) is 50.8 Å². The third-order valence-corrected chi connectivity index (χ3v) is 4.69. The van der Waals surface area contributed by atoms with Crippen molar-refractivity contribution in [3.8, 4) is 11.5 Å². The van der Waals surface area contributed by atoms with Gasteiger partial charge in [0.05, 0.1) is 5.69 Å². The number of urea groups is 1. The minimum Gasteiger partial charge on any atom is -0.508 e. The third-order valence-electron chi connectivity index (χ3n) is 4.69. The molecule has 6 nitrogen and oxygen atoms in total. The van der Waals surface area contributed by atoms with Crippen LogP contribution in [-0.4, -0.2) is 36.4 Å². The Bertz CT molecular complexity index is 778. The predicted octanol–water partition coefficient (Wildman–Crippen LogP) is 3.57. The molecule has 2 aromatic carbocycles. The van der Waals surface area contributed by atoms with Gasteiger partial charge in [0.15, 0.2) is 0 Å². The van der Waals surface area contributed by atoms with Crippen LogP contribution in [-0.2, 0) is 19.3 Å². The fourth-order valence-electron chi connectivity index (χ4n) is 3.06. The first-order valence-corrected chi connectivity index (χ1v) is 9.85. The van der Waals surface area contributed by atoms with Crippen LogP contribution in [0.5, 0.6) is 11.5 Å². The van der Waals surface area contributed by atoms with E-state index in [1.54, 1.807) is 18.2 Å². The van der Waals surface area contributed by atoms with Crippen LogP contribution in [0.25, 0.3) is 0 Å². The highest BCUT2D eigenvalue weighted by Gasteiger charge is 2.07. The molecule has 0 radical (unpaired) electrons. The predicted molar refractivity (Wildman–Crippen MR) is 113 cm³/mol. The van der Waals surface area contributed by atoms with Gasteiger partial charge in [-0.15, -0.1) is 0 Å². The molecule has 6 heteroatoms. The largest absolute Gasteiger partial charge is 0.508 e. The molecule has 0 aliphatic rings. The molecule has 0 saturated carbocycles. The summed E-state index contributed by atoms with van der Waals surface area (Å²) < 4.78 is 0. The van der Waals surface area contributed by atoms with Crippen molar-refractivity contribution in [2.45, 2.75) is 39.0 Å². The molecule has 0 aromatic heterocycles. The number of carbonyl (C=O) groups is 1. The topological polar surface area (TPSA) is 93.6 Å². The summed E-state index contributed by atoms with van der Waals surface area (Å²) in [5.74, 6) is 0.378. The van der Waals surface area contributed by atoms with Crippen LogP contribution in [0.3, 0.4) is 0 Å². The first-order chi connectivity index (χ1) is 13.5. The number of anilines is 1. The minimum atomic E-state index is -0.363. The normalized spacial score (nSPS) is 10.6. The van der Waals surface area contributed by atoms with Gasteiger partial charge < -0.3 is 26.2 Å². The summed E-state index contributed by atoms with van der Waals surface area (Å²) in [6.45, 7) is 3.82. The van der Waals surface area contributed by atoms with Crippen LogP contribution in [0.1, 0.15) is 36.5 Å². The van der Waals surface area contributed by atoms with E-state index in [-0.39, 0.29) is 11.8 Å². The maximum absolute atomic E-state index is 11.4. The first-order valence-electron chi connectivity index (χ1n) is 9.85. The standard InChI is InChI=1S/C22H31N3O3/c1-3-4-5-18-15-19(26)8-7-17(18)11-13-24-12-10-16-6-9-21(27)20(14-16)25-22(28)23-2/h6-9,14-15,24,26-27H,3-5,10-13H2,1-2H3,(H2,23,25,28). The van der Waals surface area contributed by atoms with Crippen LogP contribution < -0.4 is 16.0 Å². The molecule has 2 aromatic rings. The molecular formula is C22H31N3O3. The smallest absolute Gasteiger partial charge is 0.319 e. The molecule has 5 N–H and O–H groups in total. The molecule has 0 aliphatic carbocycles. The van der Waals surface area contributed by atoms with Crippen molar-refractivity contribution in [1.29, 1.82) is 0 Å². The van der Waals surface area contributed by atoms with Gasteiger partial charge in [0, 0.05) is 7.05 Å². The monoisotopic (exact) mass is 385 g/mol. The molecule has 0 unspecified atom stereocenters. The van der Waals surface area contributed by atoms with Gasteiger partial charge in [-0.05, 0) is 79.7 Å². The Balaban J connectivity index is 1.82. The van der Waals surface area contributed by atoms with Gasteiger partial charge in [0.2, 0.25) is 0 Å². The zero-order valence-electron chi connectivity index (χ0n) is 16.7. The summed E-state index contributed by atoms with van der Waals surface area (Å²) in [6.07, 6.45) is 4.96. The average molecular weight is 386 g/mol. The highest BCUT2D eigenvalue weighted by Crippen LogP contribution is 2.24. The van der Waals surface area contributed by atoms with Gasteiger partial charge in [-0.2, -0.15) is 0 Å². The second-order valence-corrected chi connectivity index (χ2v) is 6.86. The summed E-state index contributed by atoms with van der Waals surface area (Å²) in [5, 5.41) is 28.1. The lowest BCUT2D eigenvalue weighted by Crippen LogP contribution is -2.24. The number of phenolic OH excluding ortho intramolecular Hbond substituents is 2. The molecule has 0 atom stereocenters. The molecule has 0 heterocycles. The van der Waals surface area contributed by atoms with Crippen molar-refractivity contribution in [3.05, 3.63) is 53.1 Å². The molecule has 2 amide bonds. The van der Waals surface area contributed by atoms with Crippen LogP contribution in [0.2, 0.25) is 0 Å². The Morgan fingerprint density at radius 2 is 1.75 bits per heavy atom. The first kappa shape index (κ1) is 21.6. The Hall–Kier alpha value is -2.73. The SMILES string of the molecule is CCCCc1cc(O)ccc1CCNCCc1ccc(O)c(NC(=O)NC)c1. The van der Waals surface area contributed by atoms with Gasteiger partial charge in [-0.1, -0.05) is 25.5 Å². The van der Waals surface area contributed by atoms with Gasteiger partial charge in [0.1, 0.15) is 11.5 Å². The summed E-state index contributed by atoms with van der Waals surface area (Å²) in [5.41, 5.74) is 3.94. The number of hydrogen-bond donors (Lipinski definition) is 5. The van der Waals surface area contributed by atoms with Gasteiger partial charge in [-0.3, -0.25) is 0 Å². The van der Waals surface area contributed by atoms with E-state index in [2.05, 4.69) is 22.9 Å². The fraction of sp³-hybridized carbons (Fsp3) is 0.409. The zero-order chi connectivity index (χ0) is 20.4. The number of aryl methyl sites for hydroxylation is 1. The average Bonchev–Trinajstić information content (AvgIpc) is 2.69. The second-order valence-electron chi connectivity index (χ2n) is 6.86. The van der Waals surface area contributed by atoms with Gasteiger partial charge in [0.25, 0.3) is 0 Å². The Morgan fingerprint density at radius 1 is 0.964 bits per heavy atom. The van der Waals surface area contributed by atoms with Crippen LogP contribution in [0.15, 0.2) is 36.4 Å². The Kier molecular flexibility index (Phi) is 8.62. The van der Waals surface area contributed by atoms with Crippen molar-refractivity contribution in [2.24, 2.45) is 0 Å². The summed E-state index contributed by atoms with van der Waals surface area (Å²) in [7, 11) is 1.53. The van der Waals surface area contributed by atoms with Crippen molar-refractivity contribution in [1.82, 2.24) is 10.6 Å². The molecule has 152 valence electrons. The van der Waals surface area contributed by atoms with Crippen LogP contribution >= 0.6 is 0 Å². The maximum atomic E-state index is 11.4. The molecular weight excluding hydrogens is 354 g/mol. The Morgan fingerprint density at radius 3 is 2.50 bits per heavy atom. The number of hydrogen-bond acceptors (Lipinski definition) is 4. The van der Waals surface area contributed by atoms with E-state index in [1.807, 2.05) is 18.2 Å². The summed E-state index contributed by atoms with van der Waals surface area (Å²) >= 11 is 0. The number of nitrogens with one attached hydrogen (secondary N) is 3. The molecule has 28 heavy (non-hydrogen) atoms. The van der Waals surface area contributed by atoms with E-state index in [9.17, 15) is 15.0 Å². The van der Waals surface area contributed by atoms with Crippen molar-refractivity contribution in [3.63, 3.8) is 0 Å². The number of unbranched alkanes of at least 4 members (excludes halogenated alkanes) is 1. The van der Waals surface area contributed by atoms with Crippen molar-refractivity contribution < 1.29 is 15.0 Å². The van der Waals surface area contributed by atoms with Crippen LogP contribution in [0.4, 0.5) is 10.5 Å². The van der Waals surface area contributed by atoms with Gasteiger partial charge >= 0.3 is 6.03 Å². The quantitative estimate of drug-likeness (QED) is 0.319. The lowest BCUT2D eigenvalue weighted by atomic mass is 9.99. The molecule has 0 spiro atoms. The number of amides is 2. The highest BCUT2D eigenvalue weighted by atomic mass is 16.3. The number of aromatic hydroxyl groups is 2. The van der Waals surface area contributed by atoms with Crippen LogP contribution in [0, 0.1) is 0 Å². The highest BCUT2D eigenvalue weighted by molar-refractivity contribution is 5.90. The number of rotatable bonds is 10. The van der Waals surface area contributed by atoms with E-state index < -0.39 is 0 Å².